The smallest absolute Gasteiger partial charge is 0.308 e. The zero-order chi connectivity index (χ0) is 20.6. The highest BCUT2D eigenvalue weighted by molar-refractivity contribution is 6.06. The van der Waals surface area contributed by atoms with Gasteiger partial charge in [-0.2, -0.15) is 0 Å². The van der Waals surface area contributed by atoms with Crippen LogP contribution in [0.4, 0.5) is 4.39 Å². The standard InChI is InChI=1S/C21H24FN3O4/c1-12(2)21(20(27)24-15-9-18(26)28-17(15)11-22)10-16(25-29-21)19-14-6-4-3-5-13(14)7-8-23-19/h4,6-8,12,15,17H,3,5,9-11H2,1-2H3,(H,24,27)/t15-,17?,21?/m0/s1. The number of aryl methyl sites for hydroxylation is 1. The van der Waals surface area contributed by atoms with E-state index in [2.05, 4.69) is 21.5 Å². The maximum Gasteiger partial charge on any atom is 0.308 e. The molecule has 0 saturated carbocycles. The molecule has 3 heterocycles. The summed E-state index contributed by atoms with van der Waals surface area (Å²) in [7, 11) is 0. The SMILES string of the molecule is CC(C)C1(C(=O)N[C@H]2CC(=O)OC2CF)CC(c2nccc3c2C=CCC3)=NO1. The van der Waals surface area contributed by atoms with Gasteiger partial charge in [0.05, 0.1) is 18.2 Å². The normalized spacial score (nSPS) is 28.0. The average molecular weight is 401 g/mol. The molecule has 1 N–H and O–H groups in total. The molecule has 3 aliphatic rings. The van der Waals surface area contributed by atoms with Crippen LogP contribution >= 0.6 is 0 Å². The van der Waals surface area contributed by atoms with E-state index in [1.165, 1.54) is 5.56 Å². The van der Waals surface area contributed by atoms with E-state index in [0.717, 1.165) is 24.1 Å². The number of nitrogens with one attached hydrogen (secondary N) is 1. The number of amides is 1. The lowest BCUT2D eigenvalue weighted by Crippen LogP contribution is -2.55. The highest BCUT2D eigenvalue weighted by atomic mass is 19.1. The number of pyridine rings is 1. The van der Waals surface area contributed by atoms with E-state index in [-0.39, 0.29) is 18.8 Å². The lowest BCUT2D eigenvalue weighted by atomic mass is 9.83. The van der Waals surface area contributed by atoms with Gasteiger partial charge in [0, 0.05) is 24.1 Å². The van der Waals surface area contributed by atoms with Crippen molar-refractivity contribution in [2.45, 2.75) is 57.3 Å². The first-order chi connectivity index (χ1) is 13.9. The minimum absolute atomic E-state index is 0.0548. The molecule has 3 atom stereocenters. The minimum atomic E-state index is -1.25. The number of rotatable bonds is 5. The molecule has 1 fully saturated rings. The summed E-state index contributed by atoms with van der Waals surface area (Å²) in [5.41, 5.74) is 2.28. The summed E-state index contributed by atoms with van der Waals surface area (Å²) in [4.78, 5) is 34.9. The Labute approximate surface area is 168 Å². The van der Waals surface area contributed by atoms with Crippen molar-refractivity contribution in [3.8, 4) is 0 Å². The topological polar surface area (TPSA) is 89.9 Å². The van der Waals surface area contributed by atoms with Crippen molar-refractivity contribution in [1.82, 2.24) is 10.3 Å². The van der Waals surface area contributed by atoms with Gasteiger partial charge in [0.15, 0.2) is 6.10 Å². The summed E-state index contributed by atoms with van der Waals surface area (Å²) in [6, 6.07) is 1.28. The fraction of sp³-hybridized carbons (Fsp3) is 0.524. The molecule has 2 unspecified atom stereocenters. The number of halogens is 1. The van der Waals surface area contributed by atoms with E-state index in [9.17, 15) is 14.0 Å². The molecule has 4 rings (SSSR count). The third-order valence-electron chi connectivity index (χ3n) is 5.87. The van der Waals surface area contributed by atoms with Gasteiger partial charge in [-0.25, -0.2) is 4.39 Å². The van der Waals surface area contributed by atoms with Crippen molar-refractivity contribution in [3.05, 3.63) is 35.2 Å². The van der Waals surface area contributed by atoms with E-state index in [1.54, 1.807) is 6.20 Å². The monoisotopic (exact) mass is 401 g/mol. The van der Waals surface area contributed by atoms with Crippen molar-refractivity contribution in [2.24, 2.45) is 11.1 Å². The molecule has 1 aromatic heterocycles. The Morgan fingerprint density at radius 2 is 2.28 bits per heavy atom. The van der Waals surface area contributed by atoms with Gasteiger partial charge in [-0.05, 0) is 24.5 Å². The van der Waals surface area contributed by atoms with E-state index >= 15 is 0 Å². The van der Waals surface area contributed by atoms with Crippen LogP contribution in [0.15, 0.2) is 23.5 Å². The fourth-order valence-corrected chi connectivity index (χ4v) is 4.04. The number of hydrogen-bond donors (Lipinski definition) is 1. The van der Waals surface area contributed by atoms with Gasteiger partial charge in [-0.15, -0.1) is 0 Å². The Balaban J connectivity index is 1.57. The predicted molar refractivity (Wildman–Crippen MR) is 104 cm³/mol. The number of carbonyl (C=O) groups excluding carboxylic acids is 2. The molecule has 0 aromatic carbocycles. The fourth-order valence-electron chi connectivity index (χ4n) is 4.04. The van der Waals surface area contributed by atoms with Gasteiger partial charge in [0.25, 0.3) is 5.91 Å². The molecule has 0 radical (unpaired) electrons. The highest BCUT2D eigenvalue weighted by Crippen LogP contribution is 2.36. The summed E-state index contributed by atoms with van der Waals surface area (Å²) in [6.45, 7) is 2.89. The molecule has 1 aromatic rings. The van der Waals surface area contributed by atoms with Gasteiger partial charge < -0.3 is 14.9 Å². The number of fused-ring (bicyclic) bond motifs is 1. The molecule has 1 aliphatic carbocycles. The van der Waals surface area contributed by atoms with Crippen molar-refractivity contribution in [3.63, 3.8) is 0 Å². The van der Waals surface area contributed by atoms with Crippen molar-refractivity contribution in [1.29, 1.82) is 0 Å². The number of hydrogen-bond acceptors (Lipinski definition) is 6. The van der Waals surface area contributed by atoms with Gasteiger partial charge in [0.2, 0.25) is 5.60 Å². The Hall–Kier alpha value is -2.77. The second-order valence-electron chi connectivity index (χ2n) is 7.99. The summed E-state index contributed by atoms with van der Waals surface area (Å²) < 4.78 is 18.1. The number of carbonyl (C=O) groups is 2. The average Bonchev–Trinajstić information content (AvgIpc) is 3.32. The lowest BCUT2D eigenvalue weighted by molar-refractivity contribution is -0.151. The number of oxime groups is 1. The first-order valence-corrected chi connectivity index (χ1v) is 9.91. The largest absolute Gasteiger partial charge is 0.457 e. The van der Waals surface area contributed by atoms with Crippen LogP contribution in [0.5, 0.6) is 0 Å². The Morgan fingerprint density at radius 3 is 3.03 bits per heavy atom. The third-order valence-corrected chi connectivity index (χ3v) is 5.87. The highest BCUT2D eigenvalue weighted by Gasteiger charge is 2.51. The zero-order valence-electron chi connectivity index (χ0n) is 16.5. The number of alkyl halides is 1. The van der Waals surface area contributed by atoms with Crippen LogP contribution in [0.3, 0.4) is 0 Å². The molecule has 2 aliphatic heterocycles. The Bertz CT molecular complexity index is 898. The second-order valence-corrected chi connectivity index (χ2v) is 7.99. The molecule has 1 saturated heterocycles. The molecule has 7 nitrogen and oxygen atoms in total. The number of ether oxygens (including phenoxy) is 1. The first kappa shape index (κ1) is 19.5. The van der Waals surface area contributed by atoms with Crippen LogP contribution in [0, 0.1) is 5.92 Å². The molecular formula is C21H24FN3O4. The van der Waals surface area contributed by atoms with Crippen LogP contribution in [-0.4, -0.2) is 47.0 Å². The molecular weight excluding hydrogens is 377 g/mol. The van der Waals surface area contributed by atoms with Gasteiger partial charge in [-0.1, -0.05) is 31.2 Å². The third kappa shape index (κ3) is 3.41. The number of allylic oxidation sites excluding steroid dienone is 1. The van der Waals surface area contributed by atoms with Crippen LogP contribution in [0.1, 0.15) is 49.9 Å². The maximum atomic E-state index is 13.2. The number of esters is 1. The van der Waals surface area contributed by atoms with Crippen LogP contribution in [0.25, 0.3) is 6.08 Å². The second kappa shape index (κ2) is 7.57. The molecule has 1 amide bonds. The van der Waals surface area contributed by atoms with Gasteiger partial charge in [0.1, 0.15) is 12.4 Å². The summed E-state index contributed by atoms with van der Waals surface area (Å²) in [5, 5.41) is 6.98. The number of nitrogens with zero attached hydrogens (tertiary/aromatic N) is 2. The van der Waals surface area contributed by atoms with Gasteiger partial charge >= 0.3 is 5.97 Å². The molecule has 0 spiro atoms. The van der Waals surface area contributed by atoms with E-state index in [4.69, 9.17) is 9.57 Å². The lowest BCUT2D eigenvalue weighted by Gasteiger charge is -2.31. The zero-order valence-corrected chi connectivity index (χ0v) is 16.5. The molecule has 154 valence electrons. The first-order valence-electron chi connectivity index (χ1n) is 9.91. The van der Waals surface area contributed by atoms with Crippen molar-refractivity contribution >= 4 is 23.7 Å². The van der Waals surface area contributed by atoms with Crippen LogP contribution in [0.2, 0.25) is 0 Å². The summed E-state index contributed by atoms with van der Waals surface area (Å²) in [6.07, 6.45) is 7.02. The number of aromatic nitrogens is 1. The van der Waals surface area contributed by atoms with E-state index < -0.39 is 36.3 Å². The molecule has 29 heavy (non-hydrogen) atoms. The van der Waals surface area contributed by atoms with Crippen molar-refractivity contribution in [2.75, 3.05) is 6.67 Å². The molecule has 0 bridgehead atoms. The summed E-state index contributed by atoms with van der Waals surface area (Å²) in [5.74, 6) is -1.15. The van der Waals surface area contributed by atoms with Crippen molar-refractivity contribution < 1.29 is 23.6 Å². The van der Waals surface area contributed by atoms with Crippen LogP contribution in [-0.2, 0) is 25.6 Å². The summed E-state index contributed by atoms with van der Waals surface area (Å²) >= 11 is 0. The Kier molecular flexibility index (Phi) is 5.10. The minimum Gasteiger partial charge on any atom is -0.457 e. The van der Waals surface area contributed by atoms with E-state index in [0.29, 0.717) is 5.71 Å². The quantitative estimate of drug-likeness (QED) is 0.765. The Morgan fingerprint density at radius 1 is 1.45 bits per heavy atom. The predicted octanol–water partition coefficient (Wildman–Crippen LogP) is 2.33. The van der Waals surface area contributed by atoms with Gasteiger partial charge in [-0.3, -0.25) is 14.6 Å². The number of cyclic esters (lactones) is 1. The van der Waals surface area contributed by atoms with Crippen LogP contribution < -0.4 is 5.32 Å². The van der Waals surface area contributed by atoms with E-state index in [1.807, 2.05) is 26.0 Å². The maximum absolute atomic E-state index is 13.2. The molecule has 8 heteroatoms.